The van der Waals surface area contributed by atoms with Crippen LogP contribution in [0.2, 0.25) is 0 Å². The second kappa shape index (κ2) is 8.11. The zero-order chi connectivity index (χ0) is 19.5. The number of H-pyrrole nitrogens is 1. The highest BCUT2D eigenvalue weighted by Gasteiger charge is 2.19. The van der Waals surface area contributed by atoms with Crippen molar-refractivity contribution < 1.29 is 0 Å². The zero-order valence-electron chi connectivity index (χ0n) is 16.0. The number of rotatable bonds is 7. The van der Waals surface area contributed by atoms with Crippen LogP contribution < -0.4 is 4.72 Å². The minimum absolute atomic E-state index is 0.201. The number of aromatic amines is 1. The molecular formula is C22H23N5S. The Morgan fingerprint density at radius 1 is 1.21 bits per heavy atom. The van der Waals surface area contributed by atoms with Crippen LogP contribution in [0, 0.1) is 11.3 Å². The van der Waals surface area contributed by atoms with E-state index in [4.69, 9.17) is 5.26 Å². The van der Waals surface area contributed by atoms with Gasteiger partial charge in [-0.3, -0.25) is 4.72 Å². The van der Waals surface area contributed by atoms with Gasteiger partial charge < -0.3 is 14.5 Å². The molecule has 28 heavy (non-hydrogen) atoms. The maximum Gasteiger partial charge on any atom is 0.110 e. The Morgan fingerprint density at radius 2 is 2.07 bits per heavy atom. The van der Waals surface area contributed by atoms with Gasteiger partial charge in [-0.25, -0.2) is 0 Å². The fraction of sp³-hybridized carbons (Fsp3) is 0.227. The Labute approximate surface area is 169 Å². The molecule has 142 valence electrons. The summed E-state index contributed by atoms with van der Waals surface area (Å²) in [4.78, 5) is 6.66. The lowest BCUT2D eigenvalue weighted by atomic mass is 10.1. The number of benzene rings is 2. The molecule has 2 N–H and O–H groups in total. The number of aromatic nitrogens is 2. The van der Waals surface area contributed by atoms with Crippen LogP contribution in [0.15, 0.2) is 65.8 Å². The van der Waals surface area contributed by atoms with Crippen LogP contribution in [0.25, 0.3) is 21.8 Å². The Bertz CT molecular complexity index is 1130. The molecule has 2 aromatic heterocycles. The van der Waals surface area contributed by atoms with E-state index in [2.05, 4.69) is 83.4 Å². The van der Waals surface area contributed by atoms with Crippen molar-refractivity contribution in [1.29, 1.82) is 5.26 Å². The third-order valence-corrected chi connectivity index (χ3v) is 5.84. The lowest BCUT2D eigenvalue weighted by Crippen LogP contribution is -2.28. The van der Waals surface area contributed by atoms with E-state index in [1.54, 1.807) is 11.9 Å². The first-order valence-electron chi connectivity index (χ1n) is 9.25. The van der Waals surface area contributed by atoms with E-state index in [0.29, 0.717) is 6.54 Å². The summed E-state index contributed by atoms with van der Waals surface area (Å²) < 4.78 is 5.57. The van der Waals surface area contributed by atoms with Crippen molar-refractivity contribution in [3.05, 3.63) is 66.5 Å². The molecule has 6 heteroatoms. The van der Waals surface area contributed by atoms with Crippen molar-refractivity contribution in [2.45, 2.75) is 17.5 Å². The highest BCUT2D eigenvalue weighted by atomic mass is 32.2. The van der Waals surface area contributed by atoms with Crippen molar-refractivity contribution in [3.63, 3.8) is 0 Å². The number of para-hydroxylation sites is 1. The van der Waals surface area contributed by atoms with Crippen molar-refractivity contribution in [1.82, 2.24) is 19.2 Å². The molecule has 1 atom stereocenters. The molecule has 0 amide bonds. The smallest absolute Gasteiger partial charge is 0.110 e. The van der Waals surface area contributed by atoms with Gasteiger partial charge in [-0.1, -0.05) is 24.3 Å². The molecule has 0 fully saturated rings. The molecule has 0 saturated carbocycles. The van der Waals surface area contributed by atoms with Crippen LogP contribution in [0.5, 0.6) is 0 Å². The lowest BCUT2D eigenvalue weighted by Gasteiger charge is -2.24. The molecule has 0 aliphatic heterocycles. The summed E-state index contributed by atoms with van der Waals surface area (Å²) in [6.07, 6.45) is 4.08. The summed E-state index contributed by atoms with van der Waals surface area (Å²) in [6, 6.07) is 19.3. The Kier molecular flexibility index (Phi) is 5.40. The average molecular weight is 390 g/mol. The average Bonchev–Trinajstić information content (AvgIpc) is 3.30. The Morgan fingerprint density at radius 3 is 2.89 bits per heavy atom. The Balaban J connectivity index is 1.54. The van der Waals surface area contributed by atoms with E-state index in [0.717, 1.165) is 17.6 Å². The summed E-state index contributed by atoms with van der Waals surface area (Å²) in [6.45, 7) is 1.15. The molecule has 5 nitrogen and oxygen atoms in total. The molecule has 0 spiro atoms. The van der Waals surface area contributed by atoms with Gasteiger partial charge in [-0.05, 0) is 61.3 Å². The maximum atomic E-state index is 9.16. The summed E-state index contributed by atoms with van der Waals surface area (Å²) in [5.74, 6) is 0. The molecule has 4 aromatic rings. The normalized spacial score (nSPS) is 12.6. The van der Waals surface area contributed by atoms with Crippen LogP contribution in [-0.4, -0.2) is 35.1 Å². The van der Waals surface area contributed by atoms with Crippen LogP contribution in [0.1, 0.15) is 11.6 Å². The fourth-order valence-corrected chi connectivity index (χ4v) is 4.33. The highest BCUT2D eigenvalue weighted by molar-refractivity contribution is 7.97. The minimum atomic E-state index is 0.201. The molecule has 1 unspecified atom stereocenters. The molecule has 4 rings (SSSR count). The third kappa shape index (κ3) is 3.65. The number of hydrogen-bond donors (Lipinski definition) is 2. The van der Waals surface area contributed by atoms with E-state index >= 15 is 0 Å². The van der Waals surface area contributed by atoms with Crippen molar-refractivity contribution in [2.24, 2.45) is 0 Å². The van der Waals surface area contributed by atoms with Crippen LogP contribution >= 0.6 is 11.9 Å². The Hall–Kier alpha value is -2.72. The summed E-state index contributed by atoms with van der Waals surface area (Å²) in [7, 11) is 4.19. The van der Waals surface area contributed by atoms with Crippen LogP contribution in [-0.2, 0) is 6.54 Å². The quantitative estimate of drug-likeness (QED) is 0.456. The number of hydrogen-bond acceptors (Lipinski definition) is 4. The molecular weight excluding hydrogens is 366 g/mol. The topological polar surface area (TPSA) is 59.8 Å². The van der Waals surface area contributed by atoms with Gasteiger partial charge in [0.2, 0.25) is 0 Å². The first-order valence-corrected chi connectivity index (χ1v) is 10.1. The van der Waals surface area contributed by atoms with Gasteiger partial charge in [-0.15, -0.1) is 0 Å². The summed E-state index contributed by atoms with van der Waals surface area (Å²) in [5, 5.41) is 11.6. The van der Waals surface area contributed by atoms with Gasteiger partial charge in [0.15, 0.2) is 0 Å². The predicted molar refractivity (Wildman–Crippen MR) is 116 cm³/mol. The van der Waals surface area contributed by atoms with Crippen molar-refractivity contribution in [2.75, 3.05) is 20.6 Å². The van der Waals surface area contributed by atoms with E-state index in [1.807, 2.05) is 16.8 Å². The number of nitrogens with zero attached hydrogens (tertiary/aromatic N) is 3. The second-order valence-corrected chi connectivity index (χ2v) is 8.01. The third-order valence-electron chi connectivity index (χ3n) is 5.04. The molecule has 0 radical (unpaired) electrons. The van der Waals surface area contributed by atoms with E-state index in [-0.39, 0.29) is 6.04 Å². The molecule has 2 aromatic carbocycles. The highest BCUT2D eigenvalue weighted by Crippen LogP contribution is 2.30. The van der Waals surface area contributed by atoms with Crippen LogP contribution in [0.4, 0.5) is 0 Å². The first-order chi connectivity index (χ1) is 13.7. The molecule has 2 heterocycles. The predicted octanol–water partition coefficient (Wildman–Crippen LogP) is 4.55. The number of nitrogens with one attached hydrogen (secondary N) is 2. The van der Waals surface area contributed by atoms with E-state index in [9.17, 15) is 0 Å². The molecule has 0 aliphatic rings. The van der Waals surface area contributed by atoms with E-state index < -0.39 is 0 Å². The lowest BCUT2D eigenvalue weighted by molar-refractivity contribution is 0.302. The first kappa shape index (κ1) is 18.6. The molecule has 0 saturated heterocycles. The standard InChI is InChI=1S/C22H23N5S/c1-26(2)22(14-25-28-17-8-7-16-9-11-24-20(16)13-17)19-15-27(12-10-23)21-6-4-3-5-18(19)21/h3-9,11,13,15,22,24-25H,12,14H2,1-2H3. The number of likely N-dealkylation sites (N-methyl/N-ethyl adjacent to an activating group) is 1. The molecule has 0 bridgehead atoms. The van der Waals surface area contributed by atoms with Gasteiger partial charge >= 0.3 is 0 Å². The van der Waals surface area contributed by atoms with Gasteiger partial charge in [0.05, 0.1) is 6.07 Å². The maximum absolute atomic E-state index is 9.16. The SMILES string of the molecule is CN(C)C(CNSc1ccc2cc[nH]c2c1)c1cn(CC#N)c2ccccc12. The van der Waals surface area contributed by atoms with Crippen molar-refractivity contribution in [3.8, 4) is 6.07 Å². The number of nitriles is 1. The summed E-state index contributed by atoms with van der Waals surface area (Å²) in [5.41, 5.74) is 3.50. The monoisotopic (exact) mass is 389 g/mol. The van der Waals surface area contributed by atoms with Crippen LogP contribution in [0.3, 0.4) is 0 Å². The second-order valence-electron chi connectivity index (χ2n) is 7.04. The van der Waals surface area contributed by atoms with Gasteiger partial charge in [0, 0.05) is 46.3 Å². The van der Waals surface area contributed by atoms with Gasteiger partial charge in [-0.2, -0.15) is 5.26 Å². The van der Waals surface area contributed by atoms with Gasteiger partial charge in [0.1, 0.15) is 6.54 Å². The molecule has 0 aliphatic carbocycles. The fourth-order valence-electron chi connectivity index (χ4n) is 3.61. The summed E-state index contributed by atoms with van der Waals surface area (Å²) >= 11 is 1.65. The minimum Gasteiger partial charge on any atom is -0.361 e. The van der Waals surface area contributed by atoms with Crippen molar-refractivity contribution >= 4 is 33.8 Å². The zero-order valence-corrected chi connectivity index (χ0v) is 16.8. The van der Waals surface area contributed by atoms with E-state index in [1.165, 1.54) is 21.2 Å². The number of fused-ring (bicyclic) bond motifs is 2. The largest absolute Gasteiger partial charge is 0.361 e. The van der Waals surface area contributed by atoms with Gasteiger partial charge in [0.25, 0.3) is 0 Å².